The Balaban J connectivity index is 1.19. The molecule has 5 aromatic rings. The van der Waals surface area contributed by atoms with Crippen molar-refractivity contribution in [2.24, 2.45) is 5.92 Å². The van der Waals surface area contributed by atoms with Crippen LogP contribution in [0.3, 0.4) is 0 Å². The maximum atomic E-state index is 13.2. The molecule has 3 aromatic carbocycles. The van der Waals surface area contributed by atoms with Gasteiger partial charge in [-0.3, -0.25) is 9.36 Å². The molecule has 0 saturated carbocycles. The third-order valence-corrected chi connectivity index (χ3v) is 7.92. The second-order valence-electron chi connectivity index (χ2n) is 11.2. The number of hydrogen-bond donors (Lipinski definition) is 1. The molecule has 9 nitrogen and oxygen atoms in total. The second-order valence-corrected chi connectivity index (χ2v) is 11.2. The van der Waals surface area contributed by atoms with E-state index in [4.69, 9.17) is 14.5 Å². The molecular formula is C35H38N6O3. The van der Waals surface area contributed by atoms with Gasteiger partial charge in [0.15, 0.2) is 0 Å². The number of aromatic nitrogens is 3. The van der Waals surface area contributed by atoms with E-state index in [-0.39, 0.29) is 11.5 Å². The number of hydrogen-bond acceptors (Lipinski definition) is 8. The van der Waals surface area contributed by atoms with E-state index in [1.165, 1.54) is 5.69 Å². The summed E-state index contributed by atoms with van der Waals surface area (Å²) in [5.74, 6) is 2.04. The first-order valence-electron chi connectivity index (χ1n) is 15.1. The maximum absolute atomic E-state index is 13.2. The minimum absolute atomic E-state index is 0.00397. The van der Waals surface area contributed by atoms with Crippen molar-refractivity contribution in [2.45, 2.75) is 13.0 Å². The van der Waals surface area contributed by atoms with Crippen LogP contribution in [0.2, 0.25) is 0 Å². The van der Waals surface area contributed by atoms with Crippen LogP contribution in [-0.2, 0) is 6.54 Å². The molecule has 2 aromatic heterocycles. The molecule has 1 fully saturated rings. The smallest absolute Gasteiger partial charge is 0.252 e. The number of para-hydroxylation sites is 2. The molecule has 0 spiro atoms. The van der Waals surface area contributed by atoms with Crippen molar-refractivity contribution in [2.75, 3.05) is 56.7 Å². The molecule has 1 unspecified atom stereocenters. The van der Waals surface area contributed by atoms with Gasteiger partial charge in [0.2, 0.25) is 5.95 Å². The monoisotopic (exact) mass is 590 g/mol. The fraction of sp³-hybridized carbons (Fsp3) is 0.286. The highest BCUT2D eigenvalue weighted by Crippen LogP contribution is 2.22. The number of ether oxygens (including phenoxy) is 2. The van der Waals surface area contributed by atoms with Crippen molar-refractivity contribution < 1.29 is 9.47 Å². The zero-order chi connectivity index (χ0) is 30.1. The fourth-order valence-electron chi connectivity index (χ4n) is 5.33. The van der Waals surface area contributed by atoms with Crippen LogP contribution in [0.4, 0.5) is 17.3 Å². The highest BCUT2D eigenvalue weighted by molar-refractivity contribution is 5.75. The molecule has 0 bridgehead atoms. The van der Waals surface area contributed by atoms with Gasteiger partial charge in [0.25, 0.3) is 5.56 Å². The van der Waals surface area contributed by atoms with Gasteiger partial charge in [-0.1, -0.05) is 36.4 Å². The van der Waals surface area contributed by atoms with Gasteiger partial charge in [0, 0.05) is 67.7 Å². The van der Waals surface area contributed by atoms with Gasteiger partial charge < -0.3 is 24.6 Å². The minimum atomic E-state index is -0.118. The molecule has 1 N–H and O–H groups in total. The highest BCUT2D eigenvalue weighted by atomic mass is 16.5. The maximum Gasteiger partial charge on any atom is 0.252 e. The number of likely N-dealkylation sites (N-methyl/N-ethyl adjacent to an activating group) is 1. The number of pyridine rings is 1. The zero-order valence-corrected chi connectivity index (χ0v) is 25.0. The van der Waals surface area contributed by atoms with Crippen molar-refractivity contribution in [1.29, 1.82) is 0 Å². The second kappa shape index (κ2) is 14.1. The number of anilines is 3. The van der Waals surface area contributed by atoms with E-state index in [0.717, 1.165) is 48.8 Å². The molecule has 1 atom stereocenters. The van der Waals surface area contributed by atoms with E-state index < -0.39 is 0 Å². The van der Waals surface area contributed by atoms with E-state index in [1.54, 1.807) is 22.9 Å². The van der Waals surface area contributed by atoms with E-state index in [1.807, 2.05) is 72.8 Å². The molecule has 6 rings (SSSR count). The average Bonchev–Trinajstić information content (AvgIpc) is 3.06. The lowest BCUT2D eigenvalue weighted by Gasteiger charge is -2.34. The van der Waals surface area contributed by atoms with Gasteiger partial charge in [-0.2, -0.15) is 4.98 Å². The Bertz CT molecular complexity index is 1690. The molecule has 1 aliphatic heterocycles. The molecule has 9 heteroatoms. The summed E-state index contributed by atoms with van der Waals surface area (Å²) < 4.78 is 13.9. The molecule has 226 valence electrons. The normalized spacial score (nSPS) is 14.3. The van der Waals surface area contributed by atoms with Crippen LogP contribution in [-0.4, -0.2) is 65.9 Å². The largest absolute Gasteiger partial charge is 0.494 e. The quantitative estimate of drug-likeness (QED) is 0.205. The molecule has 1 saturated heterocycles. The molecule has 0 amide bonds. The van der Waals surface area contributed by atoms with Gasteiger partial charge in [0.1, 0.15) is 17.1 Å². The van der Waals surface area contributed by atoms with E-state index in [0.29, 0.717) is 37.8 Å². The van der Waals surface area contributed by atoms with Crippen molar-refractivity contribution in [3.63, 3.8) is 0 Å². The minimum Gasteiger partial charge on any atom is -0.494 e. The highest BCUT2D eigenvalue weighted by Gasteiger charge is 2.17. The zero-order valence-electron chi connectivity index (χ0n) is 25.0. The van der Waals surface area contributed by atoms with Crippen LogP contribution in [0.5, 0.6) is 11.5 Å². The lowest BCUT2D eigenvalue weighted by Crippen LogP contribution is -2.44. The topological polar surface area (TPSA) is 84.8 Å². The van der Waals surface area contributed by atoms with Crippen LogP contribution in [0.15, 0.2) is 108 Å². The number of nitrogens with one attached hydrogen (secondary N) is 1. The van der Waals surface area contributed by atoms with Crippen LogP contribution in [0.25, 0.3) is 11.0 Å². The first kappa shape index (κ1) is 29.2. The number of fused-ring (bicyclic) bond motifs is 1. The van der Waals surface area contributed by atoms with Gasteiger partial charge in [-0.15, -0.1) is 0 Å². The Morgan fingerprint density at radius 1 is 0.818 bits per heavy atom. The third-order valence-electron chi connectivity index (χ3n) is 7.92. The predicted molar refractivity (Wildman–Crippen MR) is 175 cm³/mol. The number of benzene rings is 3. The van der Waals surface area contributed by atoms with Crippen molar-refractivity contribution in [3.8, 4) is 11.5 Å². The van der Waals surface area contributed by atoms with Gasteiger partial charge >= 0.3 is 0 Å². The van der Waals surface area contributed by atoms with E-state index in [2.05, 4.69) is 39.3 Å². The predicted octanol–water partition coefficient (Wildman–Crippen LogP) is 5.45. The molecule has 44 heavy (non-hydrogen) atoms. The number of nitrogens with zero attached hydrogens (tertiary/aromatic N) is 5. The van der Waals surface area contributed by atoms with Crippen molar-refractivity contribution >= 4 is 28.4 Å². The molecule has 0 radical (unpaired) electrons. The first-order chi connectivity index (χ1) is 21.6. The number of rotatable bonds is 12. The summed E-state index contributed by atoms with van der Waals surface area (Å²) in [6, 6.07) is 31.2. The van der Waals surface area contributed by atoms with E-state index >= 15 is 0 Å². The Morgan fingerprint density at radius 3 is 2.20 bits per heavy atom. The summed E-state index contributed by atoms with van der Waals surface area (Å²) in [6.45, 7) is 5.52. The lowest BCUT2D eigenvalue weighted by atomic mass is 10.1. The van der Waals surface area contributed by atoms with E-state index in [9.17, 15) is 4.79 Å². The third kappa shape index (κ3) is 7.54. The molecule has 0 aliphatic carbocycles. The van der Waals surface area contributed by atoms with Gasteiger partial charge in [-0.25, -0.2) is 4.98 Å². The summed E-state index contributed by atoms with van der Waals surface area (Å²) >= 11 is 0. The summed E-state index contributed by atoms with van der Waals surface area (Å²) in [4.78, 5) is 27.3. The Morgan fingerprint density at radius 2 is 1.50 bits per heavy atom. The van der Waals surface area contributed by atoms with Crippen LogP contribution in [0.1, 0.15) is 6.42 Å². The Hall–Kier alpha value is -4.89. The average molecular weight is 591 g/mol. The van der Waals surface area contributed by atoms with Gasteiger partial charge in [-0.05, 0) is 68.1 Å². The SMILES string of the molecule is CN1CCN(c2ccc(Nc3ncc4ccc(=O)n(CC(CCOc5ccccc5)COc5ccccc5)c4n3)cc2)CC1. The molecule has 3 heterocycles. The van der Waals surface area contributed by atoms with Crippen LogP contribution < -0.4 is 25.2 Å². The lowest BCUT2D eigenvalue weighted by molar-refractivity contribution is 0.192. The molecular weight excluding hydrogens is 552 g/mol. The van der Waals surface area contributed by atoms with Crippen LogP contribution in [0, 0.1) is 5.92 Å². The molecule has 1 aliphatic rings. The first-order valence-corrected chi connectivity index (χ1v) is 15.1. The van der Waals surface area contributed by atoms with Crippen LogP contribution >= 0.6 is 0 Å². The number of piperazine rings is 1. The fourth-order valence-corrected chi connectivity index (χ4v) is 5.33. The van der Waals surface area contributed by atoms with Crippen molar-refractivity contribution in [1.82, 2.24) is 19.4 Å². The summed E-state index contributed by atoms with van der Waals surface area (Å²) in [6.07, 6.45) is 2.45. The Labute approximate surface area is 257 Å². The standard InChI is InChI=1S/C35H38N6O3/c1-39-19-21-40(22-20-39)30-15-13-29(14-16-30)37-35-36-24-28-12-17-33(42)41(34(28)38-35)25-27(26-44-32-10-6-3-7-11-32)18-23-43-31-8-4-2-5-9-31/h2-17,24,27H,18-23,25-26H2,1H3,(H,36,37,38). The summed E-state index contributed by atoms with van der Waals surface area (Å²) in [7, 11) is 2.16. The van der Waals surface area contributed by atoms with Gasteiger partial charge in [0.05, 0.1) is 13.2 Å². The summed E-state index contributed by atoms with van der Waals surface area (Å²) in [5.41, 5.74) is 2.56. The van der Waals surface area contributed by atoms with Crippen molar-refractivity contribution in [3.05, 3.63) is 114 Å². The summed E-state index contributed by atoms with van der Waals surface area (Å²) in [5, 5.41) is 4.12. The Kier molecular flexibility index (Phi) is 9.32.